The fourth-order valence-corrected chi connectivity index (χ4v) is 2.90. The van der Waals surface area contributed by atoms with Crippen LogP contribution in [0.25, 0.3) is 0 Å². The monoisotopic (exact) mass is 306 g/mol. The number of hydrogen-bond acceptors (Lipinski definition) is 5. The Hall–Kier alpha value is -1.18. The van der Waals surface area contributed by atoms with Gasteiger partial charge >= 0.3 is 5.97 Å². The smallest absolute Gasteiger partial charge is 0.307 e. The van der Waals surface area contributed by atoms with Crippen LogP contribution in [-0.4, -0.2) is 43.9 Å². The second-order valence-electron chi connectivity index (χ2n) is 3.69. The summed E-state index contributed by atoms with van der Waals surface area (Å²) in [6, 6.07) is 1.40. The van der Waals surface area contributed by atoms with E-state index >= 15 is 0 Å². The Morgan fingerprint density at radius 2 is 2.21 bits per heavy atom. The highest BCUT2D eigenvalue weighted by Crippen LogP contribution is 2.22. The van der Waals surface area contributed by atoms with Gasteiger partial charge in [-0.15, -0.1) is 0 Å². The lowest BCUT2D eigenvalue weighted by Crippen LogP contribution is -2.29. The van der Waals surface area contributed by atoms with Gasteiger partial charge in [0.05, 0.1) is 18.1 Å². The first-order valence-corrected chi connectivity index (χ1v) is 7.43. The summed E-state index contributed by atoms with van der Waals surface area (Å²) in [6.45, 7) is 1.98. The number of esters is 1. The second kappa shape index (κ2) is 6.83. The Bertz CT molecular complexity index is 547. The van der Waals surface area contributed by atoms with E-state index in [2.05, 4.69) is 4.98 Å². The third-order valence-electron chi connectivity index (χ3n) is 2.36. The molecule has 0 aliphatic heterocycles. The van der Waals surface area contributed by atoms with Crippen molar-refractivity contribution in [1.82, 2.24) is 9.29 Å². The summed E-state index contributed by atoms with van der Waals surface area (Å²) in [6.07, 6.45) is 2.57. The fraction of sp³-hybridized carbons (Fsp3) is 0.455. The van der Waals surface area contributed by atoms with Crippen LogP contribution in [0.4, 0.5) is 0 Å². The van der Waals surface area contributed by atoms with Crippen molar-refractivity contribution in [2.45, 2.75) is 18.2 Å². The molecule has 1 rings (SSSR count). The van der Waals surface area contributed by atoms with Gasteiger partial charge in [0.1, 0.15) is 4.90 Å². The van der Waals surface area contributed by atoms with Gasteiger partial charge in [-0.3, -0.25) is 9.78 Å². The molecule has 1 heterocycles. The molecule has 1 aromatic heterocycles. The Morgan fingerprint density at radius 1 is 1.53 bits per heavy atom. The third kappa shape index (κ3) is 4.15. The highest BCUT2D eigenvalue weighted by atomic mass is 35.5. The number of hydrogen-bond donors (Lipinski definition) is 0. The number of aromatic nitrogens is 1. The third-order valence-corrected chi connectivity index (χ3v) is 4.68. The molecule has 1 aromatic rings. The number of carbonyl (C=O) groups excluding carboxylic acids is 1. The van der Waals surface area contributed by atoms with Crippen LogP contribution in [0.1, 0.15) is 13.3 Å². The molecule has 0 saturated heterocycles. The molecule has 0 spiro atoms. The lowest BCUT2D eigenvalue weighted by Gasteiger charge is -2.17. The van der Waals surface area contributed by atoms with Gasteiger partial charge in [-0.1, -0.05) is 11.6 Å². The molecule has 0 bridgehead atoms. The Balaban J connectivity index is 2.78. The predicted octanol–water partition coefficient (Wildman–Crippen LogP) is 1.31. The van der Waals surface area contributed by atoms with Gasteiger partial charge in [0.25, 0.3) is 0 Å². The van der Waals surface area contributed by atoms with E-state index in [1.54, 1.807) is 6.92 Å². The lowest BCUT2D eigenvalue weighted by molar-refractivity contribution is -0.143. The second-order valence-corrected chi connectivity index (χ2v) is 6.11. The van der Waals surface area contributed by atoms with Crippen molar-refractivity contribution in [2.24, 2.45) is 0 Å². The SMILES string of the molecule is CCOC(=O)CCN(C)S(=O)(=O)c1cnccc1Cl. The first-order chi connectivity index (χ1) is 8.89. The van der Waals surface area contributed by atoms with Crippen molar-refractivity contribution in [3.05, 3.63) is 23.5 Å². The quantitative estimate of drug-likeness (QED) is 0.741. The van der Waals surface area contributed by atoms with Crippen LogP contribution < -0.4 is 0 Å². The number of carbonyl (C=O) groups is 1. The van der Waals surface area contributed by atoms with E-state index in [0.717, 1.165) is 4.31 Å². The van der Waals surface area contributed by atoms with E-state index in [4.69, 9.17) is 16.3 Å². The minimum absolute atomic E-state index is 0.0124. The van der Waals surface area contributed by atoms with E-state index < -0.39 is 16.0 Å². The summed E-state index contributed by atoms with van der Waals surface area (Å²) in [5, 5.41) is 0.0954. The van der Waals surface area contributed by atoms with Crippen molar-refractivity contribution in [3.8, 4) is 0 Å². The molecule has 0 radical (unpaired) electrons. The Labute approximate surface area is 117 Å². The van der Waals surface area contributed by atoms with Crippen LogP contribution in [-0.2, 0) is 19.6 Å². The Kier molecular flexibility index (Phi) is 5.71. The molecule has 0 N–H and O–H groups in total. The zero-order valence-corrected chi connectivity index (χ0v) is 12.2. The van der Waals surface area contributed by atoms with E-state index in [-0.39, 0.29) is 29.5 Å². The fourth-order valence-electron chi connectivity index (χ4n) is 1.32. The normalized spacial score (nSPS) is 11.6. The van der Waals surface area contributed by atoms with Gasteiger partial charge in [0.2, 0.25) is 10.0 Å². The van der Waals surface area contributed by atoms with Crippen LogP contribution in [0.15, 0.2) is 23.4 Å². The van der Waals surface area contributed by atoms with Gasteiger partial charge in [-0.05, 0) is 13.0 Å². The maximum atomic E-state index is 12.2. The van der Waals surface area contributed by atoms with Crippen molar-refractivity contribution in [1.29, 1.82) is 0 Å². The maximum Gasteiger partial charge on any atom is 0.307 e. The summed E-state index contributed by atoms with van der Waals surface area (Å²) < 4.78 is 30.1. The van der Waals surface area contributed by atoms with Crippen LogP contribution in [0.3, 0.4) is 0 Å². The average molecular weight is 307 g/mol. The highest BCUT2D eigenvalue weighted by molar-refractivity contribution is 7.89. The molecule has 0 aliphatic rings. The molecule has 0 fully saturated rings. The first-order valence-electron chi connectivity index (χ1n) is 5.61. The largest absolute Gasteiger partial charge is 0.466 e. The number of rotatable bonds is 6. The number of sulfonamides is 1. The molecular weight excluding hydrogens is 292 g/mol. The summed E-state index contributed by atoms with van der Waals surface area (Å²) >= 11 is 5.83. The van der Waals surface area contributed by atoms with Crippen LogP contribution in [0.2, 0.25) is 5.02 Å². The van der Waals surface area contributed by atoms with Crippen LogP contribution >= 0.6 is 11.6 Å². The Morgan fingerprint density at radius 3 is 2.79 bits per heavy atom. The zero-order chi connectivity index (χ0) is 14.5. The molecule has 0 aliphatic carbocycles. The van der Waals surface area contributed by atoms with E-state index in [1.807, 2.05) is 0 Å². The van der Waals surface area contributed by atoms with Gasteiger partial charge in [-0.2, -0.15) is 0 Å². The number of nitrogens with zero attached hydrogens (tertiary/aromatic N) is 2. The van der Waals surface area contributed by atoms with Crippen molar-refractivity contribution in [3.63, 3.8) is 0 Å². The number of halogens is 1. The molecule has 6 nitrogen and oxygen atoms in total. The topological polar surface area (TPSA) is 76.6 Å². The summed E-state index contributed by atoms with van der Waals surface area (Å²) in [4.78, 5) is 14.9. The standard InChI is InChI=1S/C11H15ClN2O4S/c1-3-18-11(15)5-7-14(2)19(16,17)10-8-13-6-4-9(10)12/h4,6,8H,3,5,7H2,1-2H3. The zero-order valence-electron chi connectivity index (χ0n) is 10.7. The van der Waals surface area contributed by atoms with E-state index in [9.17, 15) is 13.2 Å². The molecule has 8 heteroatoms. The summed E-state index contributed by atoms with van der Waals surface area (Å²) in [5.74, 6) is -0.443. The van der Waals surface area contributed by atoms with Gasteiger partial charge < -0.3 is 4.74 Å². The van der Waals surface area contributed by atoms with Crippen molar-refractivity contribution in [2.75, 3.05) is 20.2 Å². The molecule has 0 aromatic carbocycles. The van der Waals surface area contributed by atoms with Gasteiger partial charge in [0, 0.05) is 26.0 Å². The molecule has 0 atom stereocenters. The minimum atomic E-state index is -3.75. The highest BCUT2D eigenvalue weighted by Gasteiger charge is 2.24. The van der Waals surface area contributed by atoms with E-state index in [1.165, 1.54) is 25.5 Å². The van der Waals surface area contributed by atoms with Crippen LogP contribution in [0, 0.1) is 0 Å². The average Bonchev–Trinajstić information content (AvgIpc) is 2.36. The molecule has 19 heavy (non-hydrogen) atoms. The van der Waals surface area contributed by atoms with Gasteiger partial charge in [-0.25, -0.2) is 12.7 Å². The summed E-state index contributed by atoms with van der Waals surface area (Å²) in [7, 11) is -2.38. The van der Waals surface area contributed by atoms with Crippen LogP contribution in [0.5, 0.6) is 0 Å². The number of ether oxygens (including phenoxy) is 1. The lowest BCUT2D eigenvalue weighted by atomic mass is 10.4. The molecule has 0 amide bonds. The maximum absolute atomic E-state index is 12.2. The van der Waals surface area contributed by atoms with E-state index in [0.29, 0.717) is 0 Å². The predicted molar refractivity (Wildman–Crippen MR) is 70.3 cm³/mol. The van der Waals surface area contributed by atoms with Crippen molar-refractivity contribution >= 4 is 27.6 Å². The molecule has 106 valence electrons. The van der Waals surface area contributed by atoms with Crippen molar-refractivity contribution < 1.29 is 17.9 Å². The molecule has 0 unspecified atom stereocenters. The summed E-state index contributed by atoms with van der Waals surface area (Å²) in [5.41, 5.74) is 0. The first kappa shape index (κ1) is 15.9. The minimum Gasteiger partial charge on any atom is -0.466 e. The molecular formula is C11H15ClN2O4S. The number of pyridine rings is 1. The van der Waals surface area contributed by atoms with Gasteiger partial charge in [0.15, 0.2) is 0 Å². The molecule has 0 saturated carbocycles.